The molecular weight excluding hydrogens is 326 g/mol. The molecule has 24 heavy (non-hydrogen) atoms. The quantitative estimate of drug-likeness (QED) is 0.772. The van der Waals surface area contributed by atoms with Crippen LogP contribution in [0.2, 0.25) is 5.02 Å². The molecule has 0 aliphatic rings. The molecule has 0 spiro atoms. The summed E-state index contributed by atoms with van der Waals surface area (Å²) < 4.78 is 3.37. The van der Waals surface area contributed by atoms with E-state index in [9.17, 15) is 4.79 Å². The molecule has 3 aromatic rings. The van der Waals surface area contributed by atoms with E-state index < -0.39 is 0 Å². The minimum absolute atomic E-state index is 0.290. The first-order chi connectivity index (χ1) is 11.6. The highest BCUT2D eigenvalue weighted by Crippen LogP contribution is 2.21. The standard InChI is InChI=1S/C17H18ClN5O/c1-3-23-16(15(18)12(2)21-23)17(24)20-14-9-19-22(11-14)10-13-7-5-4-6-8-13/h4-9,11H,3,10H2,1-2H3,(H,20,24). The molecule has 2 aromatic heterocycles. The fourth-order valence-electron chi connectivity index (χ4n) is 2.48. The summed E-state index contributed by atoms with van der Waals surface area (Å²) in [7, 11) is 0. The van der Waals surface area contributed by atoms with Crippen LogP contribution in [0.4, 0.5) is 5.69 Å². The summed E-state index contributed by atoms with van der Waals surface area (Å²) in [5.41, 5.74) is 2.77. The molecule has 0 unspecified atom stereocenters. The zero-order valence-electron chi connectivity index (χ0n) is 13.5. The number of aromatic nitrogens is 4. The molecule has 0 bridgehead atoms. The van der Waals surface area contributed by atoms with Crippen LogP contribution >= 0.6 is 11.6 Å². The van der Waals surface area contributed by atoms with Gasteiger partial charge >= 0.3 is 0 Å². The van der Waals surface area contributed by atoms with Gasteiger partial charge in [-0.3, -0.25) is 14.2 Å². The van der Waals surface area contributed by atoms with Gasteiger partial charge in [0.1, 0.15) is 5.69 Å². The molecule has 1 amide bonds. The number of carbonyl (C=O) groups is 1. The summed E-state index contributed by atoms with van der Waals surface area (Å²) in [6, 6.07) is 10.0. The van der Waals surface area contributed by atoms with Gasteiger partial charge in [0.25, 0.3) is 5.91 Å². The Labute approximate surface area is 145 Å². The number of anilines is 1. The van der Waals surface area contributed by atoms with Gasteiger partial charge in [-0.25, -0.2) is 0 Å². The molecule has 124 valence electrons. The van der Waals surface area contributed by atoms with Crippen molar-refractivity contribution in [1.29, 1.82) is 0 Å². The number of nitrogens with one attached hydrogen (secondary N) is 1. The van der Waals surface area contributed by atoms with E-state index >= 15 is 0 Å². The van der Waals surface area contributed by atoms with Crippen molar-refractivity contribution in [3.8, 4) is 0 Å². The SMILES string of the molecule is CCn1nc(C)c(Cl)c1C(=O)Nc1cnn(Cc2ccccc2)c1. The highest BCUT2D eigenvalue weighted by atomic mass is 35.5. The number of aryl methyl sites for hydroxylation is 2. The maximum atomic E-state index is 12.5. The smallest absolute Gasteiger partial charge is 0.275 e. The van der Waals surface area contributed by atoms with Crippen LogP contribution in [-0.2, 0) is 13.1 Å². The third kappa shape index (κ3) is 3.33. The predicted molar refractivity (Wildman–Crippen MR) is 93.4 cm³/mol. The summed E-state index contributed by atoms with van der Waals surface area (Å²) >= 11 is 6.20. The summed E-state index contributed by atoms with van der Waals surface area (Å²) in [6.07, 6.45) is 3.41. The molecule has 1 aromatic carbocycles. The maximum absolute atomic E-state index is 12.5. The van der Waals surface area contributed by atoms with E-state index in [-0.39, 0.29) is 5.91 Å². The minimum Gasteiger partial charge on any atom is -0.318 e. The molecule has 2 heterocycles. The first-order valence-corrected chi connectivity index (χ1v) is 8.07. The average molecular weight is 344 g/mol. The van der Waals surface area contributed by atoms with E-state index in [2.05, 4.69) is 15.5 Å². The van der Waals surface area contributed by atoms with Gasteiger partial charge in [-0.05, 0) is 19.4 Å². The Morgan fingerprint density at radius 1 is 1.29 bits per heavy atom. The first-order valence-electron chi connectivity index (χ1n) is 7.69. The Kier molecular flexibility index (Phi) is 4.66. The van der Waals surface area contributed by atoms with Gasteiger partial charge in [0.2, 0.25) is 0 Å². The fourth-order valence-corrected chi connectivity index (χ4v) is 2.70. The molecule has 0 aliphatic carbocycles. The lowest BCUT2D eigenvalue weighted by molar-refractivity contribution is 0.101. The summed E-state index contributed by atoms with van der Waals surface area (Å²) in [5, 5.41) is 11.7. The molecule has 7 heteroatoms. The van der Waals surface area contributed by atoms with Crippen LogP contribution in [0.25, 0.3) is 0 Å². The molecule has 0 aliphatic heterocycles. The second-order valence-electron chi connectivity index (χ2n) is 5.43. The molecule has 3 rings (SSSR count). The van der Waals surface area contributed by atoms with Crippen molar-refractivity contribution in [2.45, 2.75) is 26.9 Å². The van der Waals surface area contributed by atoms with Crippen molar-refractivity contribution in [3.63, 3.8) is 0 Å². The van der Waals surface area contributed by atoms with E-state index in [1.807, 2.05) is 37.3 Å². The van der Waals surface area contributed by atoms with E-state index in [4.69, 9.17) is 11.6 Å². The maximum Gasteiger partial charge on any atom is 0.275 e. The van der Waals surface area contributed by atoms with Crippen LogP contribution in [0.1, 0.15) is 28.7 Å². The molecule has 0 fully saturated rings. The number of benzene rings is 1. The number of carbonyl (C=O) groups excluding carboxylic acids is 1. The van der Waals surface area contributed by atoms with Crippen molar-refractivity contribution < 1.29 is 4.79 Å². The van der Waals surface area contributed by atoms with Crippen LogP contribution in [0, 0.1) is 6.92 Å². The molecule has 0 atom stereocenters. The number of hydrogen-bond donors (Lipinski definition) is 1. The van der Waals surface area contributed by atoms with E-state index in [0.717, 1.165) is 5.56 Å². The van der Waals surface area contributed by atoms with Crippen molar-refractivity contribution >= 4 is 23.2 Å². The third-order valence-electron chi connectivity index (χ3n) is 3.65. The predicted octanol–water partition coefficient (Wildman–Crippen LogP) is 3.36. The van der Waals surface area contributed by atoms with Crippen molar-refractivity contribution in [3.05, 3.63) is 64.7 Å². The number of nitrogens with zero attached hydrogens (tertiary/aromatic N) is 4. The monoisotopic (exact) mass is 343 g/mol. The zero-order valence-corrected chi connectivity index (χ0v) is 14.3. The lowest BCUT2D eigenvalue weighted by Gasteiger charge is -2.05. The second kappa shape index (κ2) is 6.88. The van der Waals surface area contributed by atoms with Crippen LogP contribution in [-0.4, -0.2) is 25.5 Å². The Hall–Kier alpha value is -2.60. The normalized spacial score (nSPS) is 10.8. The third-order valence-corrected chi connectivity index (χ3v) is 4.10. The molecule has 1 N–H and O–H groups in total. The van der Waals surface area contributed by atoms with Crippen molar-refractivity contribution in [2.75, 3.05) is 5.32 Å². The van der Waals surface area contributed by atoms with Crippen LogP contribution < -0.4 is 5.32 Å². The number of hydrogen-bond acceptors (Lipinski definition) is 3. The Morgan fingerprint density at radius 3 is 2.75 bits per heavy atom. The molecule has 0 radical (unpaired) electrons. The number of amides is 1. The fraction of sp³-hybridized carbons (Fsp3) is 0.235. The molecule has 0 saturated heterocycles. The van der Waals surface area contributed by atoms with E-state index in [1.54, 1.807) is 28.7 Å². The average Bonchev–Trinajstić information content (AvgIpc) is 3.13. The van der Waals surface area contributed by atoms with Crippen LogP contribution in [0.15, 0.2) is 42.7 Å². The first kappa shape index (κ1) is 16.3. The van der Waals surface area contributed by atoms with Crippen molar-refractivity contribution in [2.24, 2.45) is 0 Å². The highest BCUT2D eigenvalue weighted by Gasteiger charge is 2.20. The number of halogens is 1. The Balaban J connectivity index is 1.74. The van der Waals surface area contributed by atoms with Gasteiger partial charge in [0.05, 0.1) is 29.1 Å². The van der Waals surface area contributed by atoms with E-state index in [1.165, 1.54) is 0 Å². The van der Waals surface area contributed by atoms with Crippen LogP contribution in [0.3, 0.4) is 0 Å². The highest BCUT2D eigenvalue weighted by molar-refractivity contribution is 6.34. The van der Waals surface area contributed by atoms with Gasteiger partial charge in [0, 0.05) is 12.7 Å². The Morgan fingerprint density at radius 2 is 2.04 bits per heavy atom. The van der Waals surface area contributed by atoms with Gasteiger partial charge in [-0.2, -0.15) is 10.2 Å². The zero-order chi connectivity index (χ0) is 17.1. The van der Waals surface area contributed by atoms with Crippen molar-refractivity contribution in [1.82, 2.24) is 19.6 Å². The lowest BCUT2D eigenvalue weighted by Crippen LogP contribution is -2.17. The van der Waals surface area contributed by atoms with Crippen LogP contribution in [0.5, 0.6) is 0 Å². The summed E-state index contributed by atoms with van der Waals surface area (Å²) in [4.78, 5) is 12.5. The second-order valence-corrected chi connectivity index (χ2v) is 5.81. The largest absolute Gasteiger partial charge is 0.318 e. The summed E-state index contributed by atoms with van der Waals surface area (Å²) in [6.45, 7) is 4.91. The van der Waals surface area contributed by atoms with E-state index in [0.29, 0.717) is 35.2 Å². The molecular formula is C17H18ClN5O. The van der Waals surface area contributed by atoms with Gasteiger partial charge in [-0.1, -0.05) is 41.9 Å². The number of rotatable bonds is 5. The summed E-state index contributed by atoms with van der Waals surface area (Å²) in [5.74, 6) is -0.290. The molecule has 0 saturated carbocycles. The molecule has 6 nitrogen and oxygen atoms in total. The van der Waals surface area contributed by atoms with Gasteiger partial charge in [0.15, 0.2) is 0 Å². The topological polar surface area (TPSA) is 64.7 Å². The minimum atomic E-state index is -0.290. The van der Waals surface area contributed by atoms with Gasteiger partial charge in [-0.15, -0.1) is 0 Å². The van der Waals surface area contributed by atoms with Gasteiger partial charge < -0.3 is 5.32 Å². The lowest BCUT2D eigenvalue weighted by atomic mass is 10.2. The Bertz CT molecular complexity index is 853.